The highest BCUT2D eigenvalue weighted by molar-refractivity contribution is 6.03. The van der Waals surface area contributed by atoms with Gasteiger partial charge in [-0.15, -0.1) is 0 Å². The first-order valence-electron chi connectivity index (χ1n) is 10.6. The molecule has 2 saturated heterocycles. The van der Waals surface area contributed by atoms with E-state index >= 15 is 0 Å². The number of benzene rings is 2. The number of hydrogen-bond acceptors (Lipinski definition) is 3. The van der Waals surface area contributed by atoms with Gasteiger partial charge < -0.3 is 15.1 Å². The Morgan fingerprint density at radius 2 is 1.59 bits per heavy atom. The maximum absolute atomic E-state index is 12.7. The fourth-order valence-electron chi connectivity index (χ4n) is 4.15. The van der Waals surface area contributed by atoms with Gasteiger partial charge >= 0.3 is 0 Å². The number of amides is 2. The first-order valence-corrected chi connectivity index (χ1v) is 10.6. The third kappa shape index (κ3) is 4.29. The van der Waals surface area contributed by atoms with Crippen molar-refractivity contribution in [1.82, 2.24) is 0 Å². The molecule has 2 aliphatic heterocycles. The van der Waals surface area contributed by atoms with E-state index in [2.05, 4.69) is 36.2 Å². The second kappa shape index (κ2) is 8.27. The van der Waals surface area contributed by atoms with E-state index in [1.165, 1.54) is 24.1 Å². The minimum Gasteiger partial charge on any atom is -0.372 e. The molecule has 1 atom stereocenters. The van der Waals surface area contributed by atoms with Crippen LogP contribution in [0.1, 0.15) is 44.6 Å². The maximum Gasteiger partial charge on any atom is 0.229 e. The zero-order chi connectivity index (χ0) is 20.4. The van der Waals surface area contributed by atoms with Gasteiger partial charge in [0.15, 0.2) is 0 Å². The summed E-state index contributed by atoms with van der Waals surface area (Å²) in [5.74, 6) is 0.0456. The largest absolute Gasteiger partial charge is 0.372 e. The van der Waals surface area contributed by atoms with Gasteiger partial charge in [0, 0.05) is 43.1 Å². The van der Waals surface area contributed by atoms with Crippen molar-refractivity contribution in [2.75, 3.05) is 34.8 Å². The van der Waals surface area contributed by atoms with E-state index < -0.39 is 0 Å². The summed E-state index contributed by atoms with van der Waals surface area (Å²) in [7, 11) is 0. The third-order valence-corrected chi connectivity index (χ3v) is 5.97. The van der Waals surface area contributed by atoms with Crippen LogP contribution in [0.2, 0.25) is 0 Å². The maximum atomic E-state index is 12.7. The van der Waals surface area contributed by atoms with Gasteiger partial charge in [-0.05, 0) is 60.7 Å². The first kappa shape index (κ1) is 19.5. The number of hydrogen-bond donors (Lipinski definition) is 1. The van der Waals surface area contributed by atoms with Gasteiger partial charge in [-0.3, -0.25) is 9.59 Å². The lowest BCUT2D eigenvalue weighted by atomic mass is 10.0. The molecule has 0 bridgehead atoms. The third-order valence-electron chi connectivity index (χ3n) is 5.97. The van der Waals surface area contributed by atoms with Crippen molar-refractivity contribution in [2.45, 2.75) is 39.0 Å². The molecule has 2 fully saturated rings. The number of rotatable bonds is 5. The molecule has 2 aromatic rings. The molecule has 0 radical (unpaired) electrons. The van der Waals surface area contributed by atoms with Crippen molar-refractivity contribution >= 4 is 28.9 Å². The molecule has 2 amide bonds. The highest BCUT2D eigenvalue weighted by atomic mass is 16.2. The van der Waals surface area contributed by atoms with E-state index in [0.29, 0.717) is 12.5 Å². The number of nitrogens with zero attached hydrogens (tertiary/aromatic N) is 2. The summed E-state index contributed by atoms with van der Waals surface area (Å²) < 4.78 is 0. The lowest BCUT2D eigenvalue weighted by Gasteiger charge is -2.20. The first-order chi connectivity index (χ1) is 14.0. The van der Waals surface area contributed by atoms with Gasteiger partial charge in [0.1, 0.15) is 0 Å². The number of carbonyl (C=O) groups excluding carboxylic acids is 2. The van der Waals surface area contributed by atoms with Crippen LogP contribution in [0.25, 0.3) is 0 Å². The molecule has 0 spiro atoms. The smallest absolute Gasteiger partial charge is 0.229 e. The van der Waals surface area contributed by atoms with Crippen molar-refractivity contribution in [1.29, 1.82) is 0 Å². The lowest BCUT2D eigenvalue weighted by Crippen LogP contribution is -2.28. The Kier molecular flexibility index (Phi) is 5.56. The molecular formula is C24H29N3O2. The Balaban J connectivity index is 1.38. The Bertz CT molecular complexity index is 868. The standard InChI is InChI=1S/C24H29N3O2/c1-17(2)18-5-7-20(8-6-18)25-24(29)19-15-23(28)27(16-19)22-11-9-21(10-12-22)26-13-3-4-14-26/h5-12,17,19H,3-4,13-16H2,1-2H3,(H,25,29). The molecule has 0 aromatic heterocycles. The quantitative estimate of drug-likeness (QED) is 0.822. The molecule has 5 nitrogen and oxygen atoms in total. The molecule has 2 aromatic carbocycles. The minimum absolute atomic E-state index is 0.00854. The summed E-state index contributed by atoms with van der Waals surface area (Å²) in [6.45, 7) is 6.91. The fraction of sp³-hybridized carbons (Fsp3) is 0.417. The summed E-state index contributed by atoms with van der Waals surface area (Å²) in [5.41, 5.74) is 4.09. The van der Waals surface area contributed by atoms with Crippen molar-refractivity contribution in [3.8, 4) is 0 Å². The molecule has 4 rings (SSSR count). The van der Waals surface area contributed by atoms with Gasteiger partial charge in [-0.1, -0.05) is 26.0 Å². The van der Waals surface area contributed by atoms with E-state index in [4.69, 9.17) is 0 Å². The van der Waals surface area contributed by atoms with Crippen LogP contribution in [0.4, 0.5) is 17.1 Å². The Hall–Kier alpha value is -2.82. The van der Waals surface area contributed by atoms with E-state index in [9.17, 15) is 9.59 Å². The summed E-state index contributed by atoms with van der Waals surface area (Å²) in [6.07, 6.45) is 2.73. The van der Waals surface area contributed by atoms with Crippen LogP contribution in [-0.4, -0.2) is 31.4 Å². The van der Waals surface area contributed by atoms with Crippen molar-refractivity contribution in [3.05, 3.63) is 54.1 Å². The molecule has 0 saturated carbocycles. The van der Waals surface area contributed by atoms with Crippen LogP contribution in [0.5, 0.6) is 0 Å². The van der Waals surface area contributed by atoms with Crippen LogP contribution in [-0.2, 0) is 9.59 Å². The second-order valence-corrected chi connectivity index (χ2v) is 8.38. The molecule has 1 N–H and O–H groups in total. The van der Waals surface area contributed by atoms with E-state index in [1.807, 2.05) is 36.4 Å². The normalized spacial score (nSPS) is 19.3. The van der Waals surface area contributed by atoms with Crippen LogP contribution in [0.3, 0.4) is 0 Å². The zero-order valence-corrected chi connectivity index (χ0v) is 17.2. The average Bonchev–Trinajstić information content (AvgIpc) is 3.38. The number of nitrogens with one attached hydrogen (secondary N) is 1. The minimum atomic E-state index is -0.328. The Morgan fingerprint density at radius 3 is 2.21 bits per heavy atom. The average molecular weight is 392 g/mol. The highest BCUT2D eigenvalue weighted by Crippen LogP contribution is 2.29. The predicted molar refractivity (Wildman–Crippen MR) is 118 cm³/mol. The summed E-state index contributed by atoms with van der Waals surface area (Å²) in [4.78, 5) is 29.3. The summed E-state index contributed by atoms with van der Waals surface area (Å²) >= 11 is 0. The van der Waals surface area contributed by atoms with E-state index in [-0.39, 0.29) is 24.2 Å². The van der Waals surface area contributed by atoms with E-state index in [1.54, 1.807) is 4.90 Å². The molecule has 1 unspecified atom stereocenters. The molecule has 152 valence electrons. The number of carbonyl (C=O) groups is 2. The van der Waals surface area contributed by atoms with Gasteiger partial charge in [0.2, 0.25) is 11.8 Å². The van der Waals surface area contributed by atoms with Gasteiger partial charge in [0.05, 0.1) is 5.92 Å². The number of anilines is 3. The zero-order valence-electron chi connectivity index (χ0n) is 17.2. The monoisotopic (exact) mass is 391 g/mol. The van der Waals surface area contributed by atoms with Crippen molar-refractivity contribution < 1.29 is 9.59 Å². The molecule has 0 aliphatic carbocycles. The van der Waals surface area contributed by atoms with Crippen molar-refractivity contribution in [2.24, 2.45) is 5.92 Å². The van der Waals surface area contributed by atoms with Gasteiger partial charge in [-0.2, -0.15) is 0 Å². The topological polar surface area (TPSA) is 52.7 Å². The van der Waals surface area contributed by atoms with Gasteiger partial charge in [0.25, 0.3) is 0 Å². The summed E-state index contributed by atoms with van der Waals surface area (Å²) in [5, 5.41) is 2.96. The Labute approximate surface area is 172 Å². The fourth-order valence-corrected chi connectivity index (χ4v) is 4.15. The molecule has 5 heteroatoms. The van der Waals surface area contributed by atoms with Crippen LogP contribution in [0.15, 0.2) is 48.5 Å². The van der Waals surface area contributed by atoms with Crippen molar-refractivity contribution in [3.63, 3.8) is 0 Å². The molecular weight excluding hydrogens is 362 g/mol. The highest BCUT2D eigenvalue weighted by Gasteiger charge is 2.35. The summed E-state index contributed by atoms with van der Waals surface area (Å²) in [6, 6.07) is 16.1. The Morgan fingerprint density at radius 1 is 0.966 bits per heavy atom. The van der Waals surface area contributed by atoms with Crippen LogP contribution in [0, 0.1) is 5.92 Å². The SMILES string of the molecule is CC(C)c1ccc(NC(=O)C2CC(=O)N(c3ccc(N4CCCC4)cc3)C2)cc1. The van der Waals surface area contributed by atoms with E-state index in [0.717, 1.165) is 24.5 Å². The molecule has 2 aliphatic rings. The predicted octanol–water partition coefficient (Wildman–Crippen LogP) is 4.40. The lowest BCUT2D eigenvalue weighted by molar-refractivity contribution is -0.122. The molecule has 29 heavy (non-hydrogen) atoms. The van der Waals surface area contributed by atoms with Gasteiger partial charge in [-0.25, -0.2) is 0 Å². The van der Waals surface area contributed by atoms with Crippen LogP contribution < -0.4 is 15.1 Å². The second-order valence-electron chi connectivity index (χ2n) is 8.38. The molecule has 2 heterocycles. The van der Waals surface area contributed by atoms with Crippen LogP contribution >= 0.6 is 0 Å².